The Balaban J connectivity index is 3.11. The van der Waals surface area contributed by atoms with Gasteiger partial charge in [-0.3, -0.25) is 4.79 Å². The molecule has 4 heteroatoms. The summed E-state index contributed by atoms with van der Waals surface area (Å²) >= 11 is 6.04. The molecule has 1 aromatic carbocycles. The van der Waals surface area contributed by atoms with Crippen molar-refractivity contribution < 1.29 is 14.3 Å². The first-order valence-electron chi connectivity index (χ1n) is 5.44. The van der Waals surface area contributed by atoms with Gasteiger partial charge >= 0.3 is 0 Å². The molecule has 1 aromatic rings. The highest BCUT2D eigenvalue weighted by atomic mass is 35.5. The van der Waals surface area contributed by atoms with Crippen molar-refractivity contribution in [2.45, 2.75) is 20.3 Å². The van der Waals surface area contributed by atoms with Crippen LogP contribution in [0.4, 0.5) is 0 Å². The van der Waals surface area contributed by atoms with Crippen molar-refractivity contribution in [1.29, 1.82) is 0 Å². The van der Waals surface area contributed by atoms with Gasteiger partial charge in [-0.15, -0.1) is 0 Å². The van der Waals surface area contributed by atoms with Crippen LogP contribution in [0.3, 0.4) is 0 Å². The first-order chi connectivity index (χ1) is 7.99. The summed E-state index contributed by atoms with van der Waals surface area (Å²) < 4.78 is 10.3. The van der Waals surface area contributed by atoms with Crippen LogP contribution in [0, 0.1) is 5.92 Å². The van der Waals surface area contributed by atoms with E-state index in [4.69, 9.17) is 21.1 Å². The van der Waals surface area contributed by atoms with Crippen molar-refractivity contribution in [3.8, 4) is 11.5 Å². The van der Waals surface area contributed by atoms with E-state index in [1.807, 2.05) is 13.8 Å². The normalized spacial score (nSPS) is 10.5. The predicted octanol–water partition coefficient (Wildman–Crippen LogP) is 3.59. The van der Waals surface area contributed by atoms with Gasteiger partial charge in [0, 0.05) is 12.0 Å². The van der Waals surface area contributed by atoms with Gasteiger partial charge in [0.2, 0.25) is 0 Å². The number of halogens is 1. The molecule has 0 atom stereocenters. The smallest absolute Gasteiger partial charge is 0.179 e. The molecule has 0 aliphatic carbocycles. The fourth-order valence-electron chi connectivity index (χ4n) is 1.57. The van der Waals surface area contributed by atoms with Crippen LogP contribution >= 0.6 is 11.6 Å². The third-order valence-corrected chi connectivity index (χ3v) is 2.63. The average molecular weight is 257 g/mol. The Morgan fingerprint density at radius 3 is 2.41 bits per heavy atom. The zero-order valence-corrected chi connectivity index (χ0v) is 11.3. The van der Waals surface area contributed by atoms with Crippen LogP contribution in [0.1, 0.15) is 30.6 Å². The van der Waals surface area contributed by atoms with Gasteiger partial charge < -0.3 is 9.47 Å². The summed E-state index contributed by atoms with van der Waals surface area (Å²) in [6, 6.07) is 3.28. The zero-order valence-electron chi connectivity index (χ0n) is 10.5. The van der Waals surface area contributed by atoms with Crippen LogP contribution in [0.2, 0.25) is 5.02 Å². The predicted molar refractivity (Wildman–Crippen MR) is 68.3 cm³/mol. The fraction of sp³-hybridized carbons (Fsp3) is 0.462. The van der Waals surface area contributed by atoms with E-state index in [1.165, 1.54) is 14.2 Å². The molecule has 0 N–H and O–H groups in total. The number of benzene rings is 1. The van der Waals surface area contributed by atoms with Crippen molar-refractivity contribution in [1.82, 2.24) is 0 Å². The summed E-state index contributed by atoms with van der Waals surface area (Å²) in [4.78, 5) is 11.9. The van der Waals surface area contributed by atoms with Crippen LogP contribution in [0.15, 0.2) is 12.1 Å². The van der Waals surface area contributed by atoms with Crippen molar-refractivity contribution in [2.75, 3.05) is 14.2 Å². The number of ether oxygens (including phenoxy) is 2. The topological polar surface area (TPSA) is 35.5 Å². The summed E-state index contributed by atoms with van der Waals surface area (Å²) in [5, 5.41) is 0.388. The van der Waals surface area contributed by atoms with E-state index < -0.39 is 0 Å². The molecule has 0 fully saturated rings. The van der Waals surface area contributed by atoms with Crippen LogP contribution in [0.5, 0.6) is 11.5 Å². The second kappa shape index (κ2) is 5.92. The second-order valence-corrected chi connectivity index (χ2v) is 4.62. The van der Waals surface area contributed by atoms with Crippen LogP contribution in [-0.2, 0) is 0 Å². The maximum Gasteiger partial charge on any atom is 0.179 e. The molecule has 17 heavy (non-hydrogen) atoms. The maximum atomic E-state index is 11.9. The molecule has 0 radical (unpaired) electrons. The van der Waals surface area contributed by atoms with E-state index >= 15 is 0 Å². The van der Waals surface area contributed by atoms with Gasteiger partial charge in [-0.05, 0) is 18.1 Å². The van der Waals surface area contributed by atoms with Gasteiger partial charge in [0.25, 0.3) is 0 Å². The van der Waals surface area contributed by atoms with Crippen LogP contribution in [-0.4, -0.2) is 20.0 Å². The Bertz CT molecular complexity index is 413. The van der Waals surface area contributed by atoms with Gasteiger partial charge in [0.15, 0.2) is 17.3 Å². The van der Waals surface area contributed by atoms with E-state index in [0.717, 1.165) is 0 Å². The largest absolute Gasteiger partial charge is 0.493 e. The number of hydrogen-bond donors (Lipinski definition) is 0. The van der Waals surface area contributed by atoms with Gasteiger partial charge in [0.1, 0.15) is 0 Å². The standard InChI is InChI=1S/C13H17ClO3/c1-8(2)5-11(15)9-6-10(14)13(17-4)12(7-9)16-3/h6-8H,5H2,1-4H3. The lowest BCUT2D eigenvalue weighted by Gasteiger charge is -2.11. The van der Waals surface area contributed by atoms with Crippen molar-refractivity contribution in [3.05, 3.63) is 22.7 Å². The molecule has 1 rings (SSSR count). The molecule has 0 unspecified atom stereocenters. The van der Waals surface area contributed by atoms with E-state index in [-0.39, 0.29) is 5.78 Å². The highest BCUT2D eigenvalue weighted by Gasteiger charge is 2.15. The fourth-order valence-corrected chi connectivity index (χ4v) is 1.86. The molecule has 0 saturated heterocycles. The number of rotatable bonds is 5. The Morgan fingerprint density at radius 1 is 1.29 bits per heavy atom. The number of carbonyl (C=O) groups is 1. The number of hydrogen-bond acceptors (Lipinski definition) is 3. The highest BCUT2D eigenvalue weighted by molar-refractivity contribution is 6.32. The second-order valence-electron chi connectivity index (χ2n) is 4.21. The van der Waals surface area contributed by atoms with Crippen LogP contribution in [0.25, 0.3) is 0 Å². The first-order valence-corrected chi connectivity index (χ1v) is 5.82. The molecule has 94 valence electrons. The Kier molecular flexibility index (Phi) is 4.82. The third-order valence-electron chi connectivity index (χ3n) is 2.35. The number of methoxy groups -OCH3 is 2. The lowest BCUT2D eigenvalue weighted by molar-refractivity contribution is 0.0967. The van der Waals surface area contributed by atoms with E-state index in [0.29, 0.717) is 34.4 Å². The Hall–Kier alpha value is -1.22. The molecule has 0 aliphatic heterocycles. The van der Waals surface area contributed by atoms with Gasteiger partial charge in [-0.25, -0.2) is 0 Å². The molecule has 0 bridgehead atoms. The molecule has 0 amide bonds. The zero-order chi connectivity index (χ0) is 13.0. The molecule has 0 spiro atoms. The summed E-state index contributed by atoms with van der Waals surface area (Å²) in [6.07, 6.45) is 0.492. The van der Waals surface area contributed by atoms with E-state index in [1.54, 1.807) is 12.1 Å². The number of carbonyl (C=O) groups excluding carboxylic acids is 1. The summed E-state index contributed by atoms with van der Waals surface area (Å²) in [6.45, 7) is 4.00. The van der Waals surface area contributed by atoms with Crippen molar-refractivity contribution in [2.24, 2.45) is 5.92 Å². The third kappa shape index (κ3) is 3.37. The monoisotopic (exact) mass is 256 g/mol. The minimum absolute atomic E-state index is 0.0582. The molecule has 0 aliphatic rings. The van der Waals surface area contributed by atoms with E-state index in [9.17, 15) is 4.79 Å². The van der Waals surface area contributed by atoms with Gasteiger partial charge in [-0.2, -0.15) is 0 Å². The van der Waals surface area contributed by atoms with Gasteiger partial charge in [0.05, 0.1) is 19.2 Å². The Morgan fingerprint density at radius 2 is 1.94 bits per heavy atom. The quantitative estimate of drug-likeness (QED) is 0.756. The number of Topliss-reactive ketones (excluding diaryl/α,β-unsaturated/α-hetero) is 1. The molecule has 0 saturated carbocycles. The Labute approximate surface area is 107 Å². The van der Waals surface area contributed by atoms with Crippen LogP contribution < -0.4 is 9.47 Å². The van der Waals surface area contributed by atoms with Crippen molar-refractivity contribution in [3.63, 3.8) is 0 Å². The molecular formula is C13H17ClO3. The first kappa shape index (κ1) is 13.8. The minimum Gasteiger partial charge on any atom is -0.493 e. The summed E-state index contributed by atoms with van der Waals surface area (Å²) in [5.41, 5.74) is 0.557. The maximum absolute atomic E-state index is 11.9. The summed E-state index contributed by atoms with van der Waals surface area (Å²) in [5.74, 6) is 1.31. The SMILES string of the molecule is COc1cc(C(=O)CC(C)C)cc(Cl)c1OC. The molecule has 0 aromatic heterocycles. The summed E-state index contributed by atoms with van der Waals surface area (Å²) in [7, 11) is 3.03. The van der Waals surface area contributed by atoms with Gasteiger partial charge in [-0.1, -0.05) is 25.4 Å². The van der Waals surface area contributed by atoms with Crippen molar-refractivity contribution >= 4 is 17.4 Å². The molecule has 0 heterocycles. The lowest BCUT2D eigenvalue weighted by atomic mass is 10.0. The molecular weight excluding hydrogens is 240 g/mol. The lowest BCUT2D eigenvalue weighted by Crippen LogP contribution is -2.04. The van der Waals surface area contributed by atoms with E-state index in [2.05, 4.69) is 0 Å². The minimum atomic E-state index is 0.0582. The highest BCUT2D eigenvalue weighted by Crippen LogP contribution is 2.36. The number of ketones is 1. The molecule has 3 nitrogen and oxygen atoms in total. The average Bonchev–Trinajstić information content (AvgIpc) is 2.26.